The Kier molecular flexibility index (Phi) is 3.67. The number of hydrogen-bond acceptors (Lipinski definition) is 2. The first kappa shape index (κ1) is 10.7. The predicted molar refractivity (Wildman–Crippen MR) is 55.5 cm³/mol. The first-order valence-electron chi connectivity index (χ1n) is 4.83. The summed E-state index contributed by atoms with van der Waals surface area (Å²) in [4.78, 5) is 0. The van der Waals surface area contributed by atoms with Crippen molar-refractivity contribution >= 4 is 0 Å². The molecule has 0 bridgehead atoms. The van der Waals surface area contributed by atoms with Crippen LogP contribution in [0, 0.1) is 24.2 Å². The minimum absolute atomic E-state index is 0.308. The Bertz CT molecular complexity index is 323. The normalized spacial score (nSPS) is 14.4. The molecule has 0 aromatic heterocycles. The summed E-state index contributed by atoms with van der Waals surface area (Å²) in [6, 6.07) is 9.76. The second-order valence-electron chi connectivity index (χ2n) is 3.50. The Labute approximate surface area is 84.8 Å². The summed E-state index contributed by atoms with van der Waals surface area (Å²) in [5.74, 6) is -0.308. The highest BCUT2D eigenvalue weighted by atomic mass is 16.3. The second-order valence-corrected chi connectivity index (χ2v) is 3.50. The molecule has 1 rings (SSSR count). The Hall–Kier alpha value is -1.33. The molecule has 2 nitrogen and oxygen atoms in total. The number of aliphatic hydroxyl groups is 1. The monoisotopic (exact) mass is 189 g/mol. The lowest BCUT2D eigenvalue weighted by molar-refractivity contribution is 0.133. The van der Waals surface area contributed by atoms with Gasteiger partial charge in [-0.05, 0) is 18.9 Å². The average molecular weight is 189 g/mol. The molecule has 0 heterocycles. The summed E-state index contributed by atoms with van der Waals surface area (Å²) < 4.78 is 0. The number of hydrogen-bond donors (Lipinski definition) is 1. The Morgan fingerprint density at radius 2 is 1.93 bits per heavy atom. The maximum atomic E-state index is 9.85. The molecular formula is C12H15NO. The van der Waals surface area contributed by atoms with E-state index in [1.54, 1.807) is 0 Å². The maximum absolute atomic E-state index is 9.85. The molecular weight excluding hydrogens is 174 g/mol. The summed E-state index contributed by atoms with van der Waals surface area (Å²) >= 11 is 0. The number of aliphatic hydroxyl groups excluding tert-OH is 1. The quantitative estimate of drug-likeness (QED) is 0.794. The van der Waals surface area contributed by atoms with E-state index in [1.165, 1.54) is 0 Å². The highest BCUT2D eigenvalue weighted by Crippen LogP contribution is 2.23. The molecule has 14 heavy (non-hydrogen) atoms. The molecule has 0 spiro atoms. The summed E-state index contributed by atoms with van der Waals surface area (Å²) in [5, 5.41) is 18.7. The Balaban J connectivity index is 2.84. The van der Waals surface area contributed by atoms with Crippen LogP contribution in [-0.2, 0) is 0 Å². The summed E-state index contributed by atoms with van der Waals surface area (Å²) in [5.41, 5.74) is 1.98. The van der Waals surface area contributed by atoms with Gasteiger partial charge in [-0.15, -0.1) is 0 Å². The fourth-order valence-electron chi connectivity index (χ4n) is 1.38. The molecule has 1 aromatic carbocycles. The Morgan fingerprint density at radius 3 is 2.36 bits per heavy atom. The van der Waals surface area contributed by atoms with E-state index in [4.69, 9.17) is 5.26 Å². The van der Waals surface area contributed by atoms with E-state index in [-0.39, 0.29) is 5.92 Å². The first-order chi connectivity index (χ1) is 6.69. The van der Waals surface area contributed by atoms with Crippen molar-refractivity contribution in [3.05, 3.63) is 35.4 Å². The summed E-state index contributed by atoms with van der Waals surface area (Å²) in [7, 11) is 0. The zero-order valence-electron chi connectivity index (χ0n) is 8.57. The smallest absolute Gasteiger partial charge is 0.0948 e. The summed E-state index contributed by atoms with van der Waals surface area (Å²) in [6.45, 7) is 3.91. The van der Waals surface area contributed by atoms with Gasteiger partial charge in [-0.3, -0.25) is 0 Å². The zero-order chi connectivity index (χ0) is 10.6. The van der Waals surface area contributed by atoms with E-state index in [1.807, 2.05) is 38.1 Å². The van der Waals surface area contributed by atoms with Crippen LogP contribution in [0.25, 0.3) is 0 Å². The van der Waals surface area contributed by atoms with Gasteiger partial charge in [0.05, 0.1) is 18.1 Å². The van der Waals surface area contributed by atoms with Crippen molar-refractivity contribution in [1.82, 2.24) is 0 Å². The molecule has 0 radical (unpaired) electrons. The summed E-state index contributed by atoms with van der Waals surface area (Å²) in [6.07, 6.45) is 0.0107. The standard InChI is InChI=1S/C12H15NO/c1-3-10(8-13)12(14)11-6-4-9(2)5-7-11/h4-7,10,12,14H,3H2,1-2H3/t10-,12+/m0/s1. The average Bonchev–Trinajstić information content (AvgIpc) is 2.20. The number of nitriles is 1. The Morgan fingerprint density at radius 1 is 1.36 bits per heavy atom. The van der Waals surface area contributed by atoms with Gasteiger partial charge in [0.15, 0.2) is 0 Å². The largest absolute Gasteiger partial charge is 0.387 e. The van der Waals surface area contributed by atoms with E-state index in [9.17, 15) is 5.11 Å². The minimum atomic E-state index is -0.661. The lowest BCUT2D eigenvalue weighted by atomic mass is 9.94. The number of rotatable bonds is 3. The molecule has 0 aliphatic heterocycles. The molecule has 1 aromatic rings. The van der Waals surface area contributed by atoms with Gasteiger partial charge in [0.1, 0.15) is 0 Å². The molecule has 0 fully saturated rings. The van der Waals surface area contributed by atoms with Crippen LogP contribution in [0.4, 0.5) is 0 Å². The molecule has 74 valence electrons. The van der Waals surface area contributed by atoms with Crippen LogP contribution in [0.5, 0.6) is 0 Å². The highest BCUT2D eigenvalue weighted by Gasteiger charge is 2.18. The van der Waals surface area contributed by atoms with Crippen LogP contribution in [0.2, 0.25) is 0 Å². The van der Waals surface area contributed by atoms with Crippen molar-refractivity contribution in [3.8, 4) is 6.07 Å². The van der Waals surface area contributed by atoms with E-state index in [0.29, 0.717) is 6.42 Å². The highest BCUT2D eigenvalue weighted by molar-refractivity contribution is 5.24. The molecule has 0 saturated heterocycles. The topological polar surface area (TPSA) is 44.0 Å². The molecule has 0 aliphatic rings. The van der Waals surface area contributed by atoms with Gasteiger partial charge in [-0.1, -0.05) is 36.8 Å². The van der Waals surface area contributed by atoms with Crippen LogP contribution in [0.15, 0.2) is 24.3 Å². The fourth-order valence-corrected chi connectivity index (χ4v) is 1.38. The van der Waals surface area contributed by atoms with Gasteiger partial charge < -0.3 is 5.11 Å². The lowest BCUT2D eigenvalue weighted by Gasteiger charge is -2.15. The molecule has 2 atom stereocenters. The SMILES string of the molecule is CC[C@@H](C#N)[C@@H](O)c1ccc(C)cc1. The van der Waals surface area contributed by atoms with Gasteiger partial charge in [0.25, 0.3) is 0 Å². The molecule has 0 aliphatic carbocycles. The van der Waals surface area contributed by atoms with Gasteiger partial charge in [-0.25, -0.2) is 0 Å². The zero-order valence-corrected chi connectivity index (χ0v) is 8.57. The van der Waals surface area contributed by atoms with Crippen molar-refractivity contribution in [3.63, 3.8) is 0 Å². The van der Waals surface area contributed by atoms with Crippen molar-refractivity contribution in [1.29, 1.82) is 5.26 Å². The second kappa shape index (κ2) is 4.78. The number of aryl methyl sites for hydroxylation is 1. The molecule has 2 heteroatoms. The van der Waals surface area contributed by atoms with Crippen molar-refractivity contribution < 1.29 is 5.11 Å². The molecule has 0 unspecified atom stereocenters. The van der Waals surface area contributed by atoms with E-state index < -0.39 is 6.10 Å². The van der Waals surface area contributed by atoms with E-state index >= 15 is 0 Å². The van der Waals surface area contributed by atoms with Crippen LogP contribution in [-0.4, -0.2) is 5.11 Å². The maximum Gasteiger partial charge on any atom is 0.0948 e. The van der Waals surface area contributed by atoms with Crippen LogP contribution >= 0.6 is 0 Å². The third kappa shape index (κ3) is 2.34. The molecule has 0 saturated carbocycles. The van der Waals surface area contributed by atoms with Gasteiger partial charge in [-0.2, -0.15) is 5.26 Å². The third-order valence-corrected chi connectivity index (χ3v) is 2.41. The van der Waals surface area contributed by atoms with Crippen LogP contribution < -0.4 is 0 Å². The fraction of sp³-hybridized carbons (Fsp3) is 0.417. The van der Waals surface area contributed by atoms with Crippen molar-refractivity contribution in [2.75, 3.05) is 0 Å². The van der Waals surface area contributed by atoms with Gasteiger partial charge in [0.2, 0.25) is 0 Å². The molecule has 0 amide bonds. The van der Waals surface area contributed by atoms with E-state index in [2.05, 4.69) is 6.07 Å². The number of nitrogens with zero attached hydrogens (tertiary/aromatic N) is 1. The minimum Gasteiger partial charge on any atom is -0.387 e. The number of benzene rings is 1. The van der Waals surface area contributed by atoms with Gasteiger partial charge >= 0.3 is 0 Å². The predicted octanol–water partition coefficient (Wildman–Crippen LogP) is 2.58. The van der Waals surface area contributed by atoms with Gasteiger partial charge in [0, 0.05) is 0 Å². The van der Waals surface area contributed by atoms with Crippen molar-refractivity contribution in [2.45, 2.75) is 26.4 Å². The first-order valence-corrected chi connectivity index (χ1v) is 4.83. The lowest BCUT2D eigenvalue weighted by Crippen LogP contribution is -2.09. The van der Waals surface area contributed by atoms with Crippen molar-refractivity contribution in [2.24, 2.45) is 5.92 Å². The molecule has 1 N–H and O–H groups in total. The van der Waals surface area contributed by atoms with Crippen LogP contribution in [0.3, 0.4) is 0 Å². The third-order valence-electron chi connectivity index (χ3n) is 2.41. The van der Waals surface area contributed by atoms with E-state index in [0.717, 1.165) is 11.1 Å². The van der Waals surface area contributed by atoms with Crippen LogP contribution in [0.1, 0.15) is 30.6 Å².